The Morgan fingerprint density at radius 1 is 1.47 bits per heavy atom. The molecule has 1 saturated carbocycles. The number of β-amino-alcohol motifs (C(OH)–C–C–N with tert-alkyl or cyclic N) is 1. The fourth-order valence-corrected chi connectivity index (χ4v) is 2.59. The summed E-state index contributed by atoms with van der Waals surface area (Å²) in [6.07, 6.45) is 4.45. The van der Waals surface area contributed by atoms with E-state index < -0.39 is 5.60 Å². The normalized spacial score (nSPS) is 33.7. The van der Waals surface area contributed by atoms with Gasteiger partial charge in [-0.15, -0.1) is 0 Å². The van der Waals surface area contributed by atoms with Crippen molar-refractivity contribution in [2.45, 2.75) is 64.5 Å². The molecule has 1 aliphatic carbocycles. The van der Waals surface area contributed by atoms with Crippen LogP contribution in [0, 0.1) is 11.8 Å². The van der Waals surface area contributed by atoms with Crippen LogP contribution in [0.1, 0.15) is 53.4 Å². The van der Waals surface area contributed by atoms with Crippen LogP contribution in [-0.2, 0) is 0 Å². The Morgan fingerprint density at radius 3 is 2.59 bits per heavy atom. The van der Waals surface area contributed by atoms with E-state index in [1.54, 1.807) is 0 Å². The van der Waals surface area contributed by atoms with Crippen molar-refractivity contribution in [3.63, 3.8) is 0 Å². The van der Waals surface area contributed by atoms with Gasteiger partial charge < -0.3 is 15.5 Å². The molecule has 0 bridgehead atoms. The van der Waals surface area contributed by atoms with Gasteiger partial charge in [0.15, 0.2) is 0 Å². The van der Waals surface area contributed by atoms with Crippen LogP contribution in [0.15, 0.2) is 0 Å². The van der Waals surface area contributed by atoms with Gasteiger partial charge in [0, 0.05) is 12.1 Å². The molecular formula is C14H29NO2. The van der Waals surface area contributed by atoms with E-state index in [9.17, 15) is 10.2 Å². The summed E-state index contributed by atoms with van der Waals surface area (Å²) in [5, 5.41) is 23.3. The van der Waals surface area contributed by atoms with Crippen LogP contribution >= 0.6 is 0 Å². The van der Waals surface area contributed by atoms with Crippen LogP contribution in [0.25, 0.3) is 0 Å². The maximum absolute atomic E-state index is 10.3. The Bertz CT molecular complexity index is 240. The summed E-state index contributed by atoms with van der Waals surface area (Å²) in [4.78, 5) is 0. The Hall–Kier alpha value is -0.120. The van der Waals surface area contributed by atoms with Gasteiger partial charge in [-0.3, -0.25) is 0 Å². The third-order valence-corrected chi connectivity index (χ3v) is 4.46. The van der Waals surface area contributed by atoms with E-state index in [1.165, 1.54) is 12.8 Å². The van der Waals surface area contributed by atoms with E-state index in [-0.39, 0.29) is 18.1 Å². The van der Waals surface area contributed by atoms with Crippen LogP contribution in [0.2, 0.25) is 0 Å². The van der Waals surface area contributed by atoms with Gasteiger partial charge in [0.1, 0.15) is 0 Å². The molecule has 0 aliphatic heterocycles. The highest BCUT2D eigenvalue weighted by atomic mass is 16.3. The molecule has 0 saturated heterocycles. The topological polar surface area (TPSA) is 52.5 Å². The lowest BCUT2D eigenvalue weighted by molar-refractivity contribution is -0.00492. The molecule has 0 amide bonds. The van der Waals surface area contributed by atoms with Gasteiger partial charge in [-0.05, 0) is 31.6 Å². The summed E-state index contributed by atoms with van der Waals surface area (Å²) < 4.78 is 0. The molecule has 0 aromatic carbocycles. The second-order valence-corrected chi connectivity index (χ2v) is 6.51. The molecule has 1 rings (SSSR count). The first kappa shape index (κ1) is 14.9. The Balaban J connectivity index is 2.57. The van der Waals surface area contributed by atoms with Crippen molar-refractivity contribution < 1.29 is 10.2 Å². The monoisotopic (exact) mass is 243 g/mol. The third-order valence-electron chi connectivity index (χ3n) is 4.46. The van der Waals surface area contributed by atoms with Crippen molar-refractivity contribution in [2.24, 2.45) is 11.8 Å². The molecule has 3 N–H and O–H groups in total. The summed E-state index contributed by atoms with van der Waals surface area (Å²) in [6, 6.07) is 0. The summed E-state index contributed by atoms with van der Waals surface area (Å²) in [6.45, 7) is 8.88. The zero-order valence-corrected chi connectivity index (χ0v) is 11.8. The van der Waals surface area contributed by atoms with E-state index in [1.807, 2.05) is 20.8 Å². The Morgan fingerprint density at radius 2 is 2.12 bits per heavy atom. The van der Waals surface area contributed by atoms with Gasteiger partial charge in [-0.1, -0.05) is 33.6 Å². The number of nitrogens with one attached hydrogen (secondary N) is 1. The predicted molar refractivity (Wildman–Crippen MR) is 70.9 cm³/mol. The lowest BCUT2D eigenvalue weighted by Crippen LogP contribution is -2.56. The van der Waals surface area contributed by atoms with Crippen LogP contribution in [-0.4, -0.2) is 34.5 Å². The highest BCUT2D eigenvalue weighted by molar-refractivity contribution is 4.94. The molecule has 0 radical (unpaired) electrons. The third kappa shape index (κ3) is 3.94. The lowest BCUT2D eigenvalue weighted by Gasteiger charge is -2.42. The molecule has 3 nitrogen and oxygen atoms in total. The van der Waals surface area contributed by atoms with Gasteiger partial charge in [-0.2, -0.15) is 0 Å². The van der Waals surface area contributed by atoms with Gasteiger partial charge in [0.05, 0.1) is 12.2 Å². The molecule has 17 heavy (non-hydrogen) atoms. The van der Waals surface area contributed by atoms with Gasteiger partial charge in [0.2, 0.25) is 0 Å². The van der Waals surface area contributed by atoms with E-state index in [0.717, 1.165) is 12.8 Å². The van der Waals surface area contributed by atoms with Gasteiger partial charge in [-0.25, -0.2) is 0 Å². The Labute approximate surface area is 106 Å². The van der Waals surface area contributed by atoms with Gasteiger partial charge in [0.25, 0.3) is 0 Å². The van der Waals surface area contributed by atoms with Crippen LogP contribution < -0.4 is 5.32 Å². The van der Waals surface area contributed by atoms with E-state index in [2.05, 4.69) is 12.2 Å². The SMILES string of the molecule is CC1CCCC(CO)(NCC(C)(O)C(C)C)C1. The van der Waals surface area contributed by atoms with Crippen molar-refractivity contribution in [1.29, 1.82) is 0 Å². The summed E-state index contributed by atoms with van der Waals surface area (Å²) in [7, 11) is 0. The number of aliphatic hydroxyl groups excluding tert-OH is 1. The average molecular weight is 243 g/mol. The lowest BCUT2D eigenvalue weighted by atomic mass is 9.76. The molecule has 1 fully saturated rings. The second-order valence-electron chi connectivity index (χ2n) is 6.51. The first-order chi connectivity index (χ1) is 7.81. The minimum Gasteiger partial charge on any atom is -0.394 e. The standard InChI is InChI=1S/C14H29NO2/c1-11(2)13(4,17)9-15-14(10-16)7-5-6-12(3)8-14/h11-12,15-17H,5-10H2,1-4H3. The van der Waals surface area contributed by atoms with E-state index in [0.29, 0.717) is 12.5 Å². The van der Waals surface area contributed by atoms with E-state index in [4.69, 9.17) is 0 Å². The number of rotatable bonds is 5. The number of aliphatic hydroxyl groups is 2. The predicted octanol–water partition coefficient (Wildman–Crippen LogP) is 1.92. The minimum absolute atomic E-state index is 0.170. The van der Waals surface area contributed by atoms with E-state index >= 15 is 0 Å². The Kier molecular flexibility index (Phi) is 4.99. The van der Waals surface area contributed by atoms with Crippen molar-refractivity contribution >= 4 is 0 Å². The largest absolute Gasteiger partial charge is 0.394 e. The molecule has 0 spiro atoms. The number of hydrogen-bond donors (Lipinski definition) is 3. The molecule has 3 heteroatoms. The molecule has 3 unspecified atom stereocenters. The summed E-state index contributed by atoms with van der Waals surface area (Å²) >= 11 is 0. The molecule has 0 heterocycles. The second kappa shape index (κ2) is 5.68. The van der Waals surface area contributed by atoms with Crippen LogP contribution in [0.3, 0.4) is 0 Å². The quantitative estimate of drug-likeness (QED) is 0.691. The van der Waals surface area contributed by atoms with Crippen LogP contribution in [0.5, 0.6) is 0 Å². The minimum atomic E-state index is -0.706. The van der Waals surface area contributed by atoms with Crippen molar-refractivity contribution in [2.75, 3.05) is 13.2 Å². The maximum Gasteiger partial charge on any atom is 0.0766 e. The highest BCUT2D eigenvalue weighted by Gasteiger charge is 2.36. The smallest absolute Gasteiger partial charge is 0.0766 e. The number of hydrogen-bond acceptors (Lipinski definition) is 3. The molecule has 0 aromatic heterocycles. The molecule has 3 atom stereocenters. The van der Waals surface area contributed by atoms with Gasteiger partial charge >= 0.3 is 0 Å². The zero-order chi connectivity index (χ0) is 13.1. The fraction of sp³-hybridized carbons (Fsp3) is 1.00. The fourth-order valence-electron chi connectivity index (χ4n) is 2.59. The molecule has 1 aliphatic rings. The zero-order valence-electron chi connectivity index (χ0n) is 11.8. The molecule has 0 aromatic rings. The average Bonchev–Trinajstić information content (AvgIpc) is 2.26. The molecular weight excluding hydrogens is 214 g/mol. The summed E-state index contributed by atoms with van der Waals surface area (Å²) in [5.41, 5.74) is -0.876. The summed E-state index contributed by atoms with van der Waals surface area (Å²) in [5.74, 6) is 0.874. The first-order valence-electron chi connectivity index (χ1n) is 6.89. The highest BCUT2D eigenvalue weighted by Crippen LogP contribution is 2.32. The molecule has 102 valence electrons. The van der Waals surface area contributed by atoms with Crippen molar-refractivity contribution in [3.05, 3.63) is 0 Å². The van der Waals surface area contributed by atoms with Crippen molar-refractivity contribution in [1.82, 2.24) is 5.32 Å². The maximum atomic E-state index is 10.3. The van der Waals surface area contributed by atoms with Crippen molar-refractivity contribution in [3.8, 4) is 0 Å². The van der Waals surface area contributed by atoms with Crippen LogP contribution in [0.4, 0.5) is 0 Å². The first-order valence-corrected chi connectivity index (χ1v) is 6.89.